The molecule has 0 bridgehead atoms. The summed E-state index contributed by atoms with van der Waals surface area (Å²) in [4.78, 5) is 12.4. The highest BCUT2D eigenvalue weighted by atomic mass is 19.4. The highest BCUT2D eigenvalue weighted by Crippen LogP contribution is 2.58. The molecule has 12 heteroatoms. The first-order valence-electron chi connectivity index (χ1n) is 11.6. The molecule has 5 rings (SSSR count). The van der Waals surface area contributed by atoms with Crippen LogP contribution in [-0.2, 0) is 0 Å². The fourth-order valence-electron chi connectivity index (χ4n) is 4.67. The predicted octanol–water partition coefficient (Wildman–Crippen LogP) is 5.53. The van der Waals surface area contributed by atoms with Crippen LogP contribution in [0.3, 0.4) is 0 Å². The van der Waals surface area contributed by atoms with Crippen molar-refractivity contribution in [3.8, 4) is 16.9 Å². The maximum atomic E-state index is 13.5. The van der Waals surface area contributed by atoms with Crippen LogP contribution in [0.15, 0.2) is 28.6 Å². The minimum atomic E-state index is -4.47. The van der Waals surface area contributed by atoms with E-state index in [0.717, 1.165) is 27.7 Å². The highest BCUT2D eigenvalue weighted by molar-refractivity contribution is 6.13. The first-order valence-corrected chi connectivity index (χ1v) is 11.6. The van der Waals surface area contributed by atoms with Gasteiger partial charge in [0, 0.05) is 29.6 Å². The van der Waals surface area contributed by atoms with Crippen LogP contribution < -0.4 is 15.4 Å². The van der Waals surface area contributed by atoms with Gasteiger partial charge in [-0.05, 0) is 45.7 Å². The predicted molar refractivity (Wildman–Crippen MR) is 134 cm³/mol. The Kier molecular flexibility index (Phi) is 5.65. The molecule has 0 atom stereocenters. The van der Waals surface area contributed by atoms with Crippen LogP contribution >= 0.6 is 0 Å². The zero-order valence-corrected chi connectivity index (χ0v) is 20.9. The summed E-state index contributed by atoms with van der Waals surface area (Å²) >= 11 is 0. The van der Waals surface area contributed by atoms with Gasteiger partial charge in [0.1, 0.15) is 40.0 Å². The van der Waals surface area contributed by atoms with E-state index in [1.807, 2.05) is 26.0 Å². The number of methoxy groups -OCH3 is 1. The fourth-order valence-corrected chi connectivity index (χ4v) is 4.67. The Morgan fingerprint density at radius 1 is 1.22 bits per heavy atom. The first-order chi connectivity index (χ1) is 17.5. The van der Waals surface area contributed by atoms with Gasteiger partial charge in [0.05, 0.1) is 29.5 Å². The second-order valence-electron chi connectivity index (χ2n) is 9.19. The number of anilines is 1. The number of halogens is 3. The average molecular weight is 514 g/mol. The van der Waals surface area contributed by atoms with Gasteiger partial charge < -0.3 is 30.3 Å². The maximum Gasteiger partial charge on any atom is 0.399 e. The Labute approximate surface area is 210 Å². The van der Waals surface area contributed by atoms with Crippen LogP contribution in [0.5, 0.6) is 5.75 Å². The fraction of sp³-hybridized carbons (Fsp3) is 0.360. The lowest BCUT2D eigenvalue weighted by Gasteiger charge is -2.19. The molecular formula is C25H26F3N7O2. The molecule has 37 heavy (non-hydrogen) atoms. The van der Waals surface area contributed by atoms with Crippen molar-refractivity contribution < 1.29 is 22.4 Å². The largest absolute Gasteiger partial charge is 0.496 e. The lowest BCUT2D eigenvalue weighted by Crippen LogP contribution is -2.32. The number of H-pyrrole nitrogens is 1. The number of aromatic nitrogens is 4. The molecule has 1 aliphatic rings. The van der Waals surface area contributed by atoms with Gasteiger partial charge in [-0.3, -0.25) is 0 Å². The van der Waals surface area contributed by atoms with Crippen LogP contribution in [-0.4, -0.2) is 46.2 Å². The third-order valence-electron chi connectivity index (χ3n) is 6.80. The van der Waals surface area contributed by atoms with Crippen LogP contribution in [0, 0.1) is 31.6 Å². The Morgan fingerprint density at radius 3 is 2.51 bits per heavy atom. The first kappa shape index (κ1) is 24.6. The van der Waals surface area contributed by atoms with Gasteiger partial charge in [0.25, 0.3) is 0 Å². The van der Waals surface area contributed by atoms with Gasteiger partial charge in [-0.25, -0.2) is 9.97 Å². The van der Waals surface area contributed by atoms with Crippen molar-refractivity contribution in [3.63, 3.8) is 0 Å². The molecule has 3 heterocycles. The Bertz CT molecular complexity index is 1560. The normalized spacial score (nSPS) is 15.3. The number of nitrogens with one attached hydrogen (secondary N) is 4. The van der Waals surface area contributed by atoms with E-state index in [-0.39, 0.29) is 18.7 Å². The summed E-state index contributed by atoms with van der Waals surface area (Å²) in [7, 11) is 3.14. The topological polar surface area (TPSA) is 125 Å². The zero-order chi connectivity index (χ0) is 26.7. The van der Waals surface area contributed by atoms with E-state index in [9.17, 15) is 13.2 Å². The molecule has 1 saturated carbocycles. The zero-order valence-electron chi connectivity index (χ0n) is 20.9. The molecule has 1 fully saturated rings. The van der Waals surface area contributed by atoms with Crippen LogP contribution in [0.4, 0.5) is 19.0 Å². The molecule has 194 valence electrons. The van der Waals surface area contributed by atoms with E-state index in [1.165, 1.54) is 6.08 Å². The van der Waals surface area contributed by atoms with Crippen LogP contribution in [0.1, 0.15) is 30.1 Å². The van der Waals surface area contributed by atoms with Crippen LogP contribution in [0.2, 0.25) is 0 Å². The van der Waals surface area contributed by atoms with E-state index < -0.39 is 17.3 Å². The summed E-state index contributed by atoms with van der Waals surface area (Å²) in [6.45, 7) is 5.40. The molecule has 0 aliphatic heterocycles. The van der Waals surface area contributed by atoms with E-state index in [4.69, 9.17) is 14.7 Å². The summed E-state index contributed by atoms with van der Waals surface area (Å²) in [5, 5.41) is 19.5. The number of ether oxygens (including phenoxy) is 1. The number of benzene rings is 1. The van der Waals surface area contributed by atoms with Crippen molar-refractivity contribution in [2.45, 2.75) is 39.8 Å². The van der Waals surface area contributed by atoms with Gasteiger partial charge in [-0.2, -0.15) is 13.2 Å². The average Bonchev–Trinajstić information content (AvgIpc) is 3.50. The molecule has 4 N–H and O–H groups in total. The maximum absolute atomic E-state index is 13.5. The number of fused-ring (bicyclic) bond motifs is 3. The third kappa shape index (κ3) is 3.96. The van der Waals surface area contributed by atoms with Gasteiger partial charge in [0.15, 0.2) is 0 Å². The number of aromatic amines is 1. The van der Waals surface area contributed by atoms with Crippen molar-refractivity contribution in [2.24, 2.45) is 5.41 Å². The van der Waals surface area contributed by atoms with Crippen molar-refractivity contribution in [2.75, 3.05) is 19.5 Å². The molecule has 0 radical (unpaired) electrons. The Morgan fingerprint density at radius 2 is 1.95 bits per heavy atom. The minimum absolute atomic E-state index is 0.0879. The van der Waals surface area contributed by atoms with Gasteiger partial charge in [0.2, 0.25) is 0 Å². The van der Waals surface area contributed by atoms with Crippen LogP contribution in [0.25, 0.3) is 33.1 Å². The molecule has 3 aromatic heterocycles. The summed E-state index contributed by atoms with van der Waals surface area (Å²) < 4.78 is 51.6. The quantitative estimate of drug-likeness (QED) is 0.239. The molecular weight excluding hydrogens is 487 g/mol. The molecule has 0 spiro atoms. The SMILES string of the molecule is CN/C(=C\C(=N)C1(C(F)(F)F)CC1)Nc1nc(C)nc2[nH]c3cc(-c4c(C)noc4C)c(OC)cc3c12. The summed E-state index contributed by atoms with van der Waals surface area (Å²) in [5.74, 6) is 2.29. The molecule has 4 aromatic rings. The smallest absolute Gasteiger partial charge is 0.399 e. The number of rotatable bonds is 7. The standard InChI is InChI=1S/C25H26F3N7O2/c1-11-20(12(2)37-35-11)15-8-16-14(9-17(15)36-5)21-22(33-16)31-13(3)32-23(21)34-19(30-4)10-18(29)24(6-7-24)25(26,27)28/h8-10,29-30H,6-7H2,1-5H3,(H2,31,32,33,34)/b19-10+,29-18?. The van der Waals surface area contributed by atoms with Gasteiger partial charge >= 0.3 is 6.18 Å². The highest BCUT2D eigenvalue weighted by Gasteiger charge is 2.65. The number of allylic oxidation sites excluding steroid dienone is 1. The molecule has 1 aromatic carbocycles. The molecule has 0 saturated heterocycles. The lowest BCUT2D eigenvalue weighted by atomic mass is 9.99. The molecule has 9 nitrogen and oxygen atoms in total. The number of hydrogen-bond acceptors (Lipinski definition) is 8. The van der Waals surface area contributed by atoms with Crippen molar-refractivity contribution in [1.29, 1.82) is 5.41 Å². The van der Waals surface area contributed by atoms with Crippen molar-refractivity contribution >= 4 is 33.5 Å². The number of nitrogens with zero attached hydrogens (tertiary/aromatic N) is 3. The number of hydrogen-bond donors (Lipinski definition) is 4. The van der Waals surface area contributed by atoms with Crippen molar-refractivity contribution in [3.05, 3.63) is 41.3 Å². The second-order valence-corrected chi connectivity index (χ2v) is 9.19. The van der Waals surface area contributed by atoms with E-state index >= 15 is 0 Å². The van der Waals surface area contributed by atoms with E-state index in [2.05, 4.69) is 30.7 Å². The summed E-state index contributed by atoms with van der Waals surface area (Å²) in [5.41, 5.74) is 1.06. The molecule has 1 aliphatic carbocycles. The Hall–Kier alpha value is -4.09. The third-order valence-corrected chi connectivity index (χ3v) is 6.80. The van der Waals surface area contributed by atoms with Gasteiger partial charge in [-0.15, -0.1) is 0 Å². The molecule has 0 unspecified atom stereocenters. The monoisotopic (exact) mass is 513 g/mol. The minimum Gasteiger partial charge on any atom is -0.496 e. The molecule has 0 amide bonds. The summed E-state index contributed by atoms with van der Waals surface area (Å²) in [6, 6.07) is 3.78. The summed E-state index contributed by atoms with van der Waals surface area (Å²) in [6.07, 6.45) is -3.47. The Balaban J connectivity index is 1.63. The van der Waals surface area contributed by atoms with E-state index in [0.29, 0.717) is 34.2 Å². The van der Waals surface area contributed by atoms with E-state index in [1.54, 1.807) is 21.1 Å². The number of alkyl halides is 3. The van der Waals surface area contributed by atoms with Crippen molar-refractivity contribution in [1.82, 2.24) is 25.4 Å². The lowest BCUT2D eigenvalue weighted by molar-refractivity contribution is -0.165. The number of aryl methyl sites for hydroxylation is 3. The second kappa shape index (κ2) is 8.49. The van der Waals surface area contributed by atoms with Gasteiger partial charge in [-0.1, -0.05) is 5.16 Å².